The van der Waals surface area contributed by atoms with Gasteiger partial charge in [0, 0.05) is 12.1 Å². The lowest BCUT2D eigenvalue weighted by molar-refractivity contribution is -0.0609. The summed E-state index contributed by atoms with van der Waals surface area (Å²) in [7, 11) is 1.70. The van der Waals surface area contributed by atoms with Crippen molar-refractivity contribution in [1.29, 1.82) is 0 Å². The van der Waals surface area contributed by atoms with Crippen molar-refractivity contribution in [2.45, 2.75) is 33.6 Å². The second-order valence-electron chi connectivity index (χ2n) is 6.29. The molecule has 0 aliphatic carbocycles. The smallest absolute Gasteiger partial charge is 0.147 e. The third-order valence-electron chi connectivity index (χ3n) is 4.08. The van der Waals surface area contributed by atoms with Crippen LogP contribution < -0.4 is 14.3 Å². The molecule has 4 nitrogen and oxygen atoms in total. The summed E-state index contributed by atoms with van der Waals surface area (Å²) in [4.78, 5) is 5.87. The summed E-state index contributed by atoms with van der Waals surface area (Å²) in [5.74, 6) is 3.03. The van der Waals surface area contributed by atoms with Crippen LogP contribution in [-0.4, -0.2) is 31.9 Å². The molecule has 0 radical (unpaired) electrons. The van der Waals surface area contributed by atoms with Gasteiger partial charge in [-0.2, -0.15) is 0 Å². The molecule has 2 rings (SSSR count). The highest BCUT2D eigenvalue weighted by atomic mass is 16.7. The van der Waals surface area contributed by atoms with E-state index in [-0.39, 0.29) is 0 Å². The number of ether oxygens (including phenoxy) is 2. The molecule has 0 fully saturated rings. The van der Waals surface area contributed by atoms with Crippen molar-refractivity contribution in [2.75, 3.05) is 26.8 Å². The third kappa shape index (κ3) is 5.40. The Labute approximate surface area is 151 Å². The number of benzene rings is 2. The van der Waals surface area contributed by atoms with Gasteiger partial charge in [0.15, 0.2) is 0 Å². The zero-order valence-corrected chi connectivity index (χ0v) is 15.9. The number of rotatable bonds is 9. The van der Waals surface area contributed by atoms with Crippen LogP contribution in [-0.2, 0) is 0 Å². The number of nitrogens with zero attached hydrogens (tertiary/aromatic N) is 1. The van der Waals surface area contributed by atoms with Gasteiger partial charge in [-0.3, -0.25) is 0 Å². The van der Waals surface area contributed by atoms with Crippen LogP contribution in [0.4, 0.5) is 0 Å². The Morgan fingerprint density at radius 1 is 1.04 bits per heavy atom. The monoisotopic (exact) mass is 343 g/mol. The van der Waals surface area contributed by atoms with Gasteiger partial charge in [-0.15, -0.1) is 5.06 Å². The standard InChI is InChI=1S/C21H29NO3/c1-6-22(25-18-10-8-7-9-11-18)12-13-24-21-14-17(4)20(23-5)15-19(21)16(2)3/h7-11,14-16H,6,12-13H2,1-5H3. The van der Waals surface area contributed by atoms with Crippen LogP contribution in [0.1, 0.15) is 37.8 Å². The summed E-state index contributed by atoms with van der Waals surface area (Å²) >= 11 is 0. The quantitative estimate of drug-likeness (QED) is 0.611. The van der Waals surface area contributed by atoms with Crippen LogP contribution >= 0.6 is 0 Å². The van der Waals surface area contributed by atoms with E-state index in [9.17, 15) is 0 Å². The zero-order chi connectivity index (χ0) is 18.2. The van der Waals surface area contributed by atoms with Crippen molar-refractivity contribution in [2.24, 2.45) is 0 Å². The Morgan fingerprint density at radius 2 is 1.76 bits per heavy atom. The van der Waals surface area contributed by atoms with Gasteiger partial charge in [0.2, 0.25) is 0 Å². The molecule has 0 atom stereocenters. The number of hydroxylamine groups is 2. The second-order valence-corrected chi connectivity index (χ2v) is 6.29. The van der Waals surface area contributed by atoms with E-state index in [1.807, 2.05) is 42.3 Å². The zero-order valence-electron chi connectivity index (χ0n) is 15.9. The lowest BCUT2D eigenvalue weighted by Crippen LogP contribution is -2.31. The Bertz CT molecular complexity index is 656. The van der Waals surface area contributed by atoms with E-state index >= 15 is 0 Å². The summed E-state index contributed by atoms with van der Waals surface area (Å²) in [5.41, 5.74) is 2.24. The molecule has 4 heteroatoms. The molecule has 0 saturated carbocycles. The molecule has 0 heterocycles. The van der Waals surface area contributed by atoms with Gasteiger partial charge in [-0.05, 0) is 49.6 Å². The summed E-state index contributed by atoms with van der Waals surface area (Å²) in [5, 5.41) is 1.90. The molecule has 2 aromatic carbocycles. The molecule has 25 heavy (non-hydrogen) atoms. The van der Waals surface area contributed by atoms with Gasteiger partial charge in [-0.25, -0.2) is 0 Å². The first-order valence-corrected chi connectivity index (χ1v) is 8.84. The van der Waals surface area contributed by atoms with Gasteiger partial charge >= 0.3 is 0 Å². The molecule has 0 saturated heterocycles. The summed E-state index contributed by atoms with van der Waals surface area (Å²) in [6, 6.07) is 13.9. The Morgan fingerprint density at radius 3 is 2.36 bits per heavy atom. The number of likely N-dealkylation sites (N-methyl/N-ethyl adjacent to an activating group) is 1. The van der Waals surface area contributed by atoms with E-state index in [4.69, 9.17) is 14.3 Å². The van der Waals surface area contributed by atoms with Gasteiger partial charge in [0.25, 0.3) is 0 Å². The maximum absolute atomic E-state index is 6.07. The predicted octanol–water partition coefficient (Wildman–Crippen LogP) is 4.82. The van der Waals surface area contributed by atoms with Crippen LogP contribution in [0.15, 0.2) is 42.5 Å². The van der Waals surface area contributed by atoms with Crippen LogP contribution in [0.25, 0.3) is 0 Å². The molecule has 0 amide bonds. The van der Waals surface area contributed by atoms with Crippen LogP contribution in [0.2, 0.25) is 0 Å². The Kier molecular flexibility index (Phi) is 7.14. The molecule has 136 valence electrons. The highest BCUT2D eigenvalue weighted by Crippen LogP contribution is 2.33. The van der Waals surface area contributed by atoms with Gasteiger partial charge < -0.3 is 14.3 Å². The lowest BCUT2D eigenvalue weighted by atomic mass is 10.00. The van der Waals surface area contributed by atoms with Crippen molar-refractivity contribution >= 4 is 0 Å². The Balaban J connectivity index is 1.99. The van der Waals surface area contributed by atoms with Gasteiger partial charge in [-0.1, -0.05) is 32.0 Å². The van der Waals surface area contributed by atoms with E-state index in [1.54, 1.807) is 7.11 Å². The Hall–Kier alpha value is -2.20. The van der Waals surface area contributed by atoms with E-state index < -0.39 is 0 Å². The van der Waals surface area contributed by atoms with Crippen LogP contribution in [0.3, 0.4) is 0 Å². The number of para-hydroxylation sites is 1. The maximum Gasteiger partial charge on any atom is 0.147 e. The van der Waals surface area contributed by atoms with E-state index in [0.29, 0.717) is 19.1 Å². The molecule has 0 N–H and O–H groups in total. The molecule has 0 aromatic heterocycles. The minimum Gasteiger partial charge on any atom is -0.496 e. The fraction of sp³-hybridized carbons (Fsp3) is 0.429. The van der Waals surface area contributed by atoms with Gasteiger partial charge in [0.1, 0.15) is 23.9 Å². The first-order chi connectivity index (χ1) is 12.0. The molecular weight excluding hydrogens is 314 g/mol. The van der Waals surface area contributed by atoms with Crippen molar-refractivity contribution in [1.82, 2.24) is 5.06 Å². The number of methoxy groups -OCH3 is 1. The van der Waals surface area contributed by atoms with E-state index in [1.165, 1.54) is 0 Å². The van der Waals surface area contributed by atoms with Crippen molar-refractivity contribution < 1.29 is 14.3 Å². The SMILES string of the molecule is CCN(CCOc1cc(C)c(OC)cc1C(C)C)Oc1ccccc1. The molecule has 0 bridgehead atoms. The number of hydrogen-bond donors (Lipinski definition) is 0. The average molecular weight is 343 g/mol. The van der Waals surface area contributed by atoms with Crippen molar-refractivity contribution in [3.05, 3.63) is 53.6 Å². The lowest BCUT2D eigenvalue weighted by Gasteiger charge is -2.22. The molecular formula is C21H29NO3. The fourth-order valence-corrected chi connectivity index (χ4v) is 2.63. The molecule has 0 aliphatic heterocycles. The first-order valence-electron chi connectivity index (χ1n) is 8.84. The first kappa shape index (κ1) is 19.1. The highest BCUT2D eigenvalue weighted by molar-refractivity contribution is 5.47. The highest BCUT2D eigenvalue weighted by Gasteiger charge is 2.13. The number of aryl methyl sites for hydroxylation is 1. The molecule has 0 spiro atoms. The van der Waals surface area contributed by atoms with E-state index in [0.717, 1.165) is 34.9 Å². The van der Waals surface area contributed by atoms with E-state index in [2.05, 4.69) is 32.9 Å². The summed E-state index contributed by atoms with van der Waals surface area (Å²) in [6.07, 6.45) is 0. The molecule has 0 unspecified atom stereocenters. The normalized spacial score (nSPS) is 11.0. The predicted molar refractivity (Wildman–Crippen MR) is 102 cm³/mol. The third-order valence-corrected chi connectivity index (χ3v) is 4.08. The average Bonchev–Trinajstić information content (AvgIpc) is 2.61. The fourth-order valence-electron chi connectivity index (χ4n) is 2.63. The van der Waals surface area contributed by atoms with Crippen molar-refractivity contribution in [3.63, 3.8) is 0 Å². The largest absolute Gasteiger partial charge is 0.496 e. The second kappa shape index (κ2) is 9.33. The van der Waals surface area contributed by atoms with Crippen molar-refractivity contribution in [3.8, 4) is 17.2 Å². The molecule has 2 aromatic rings. The maximum atomic E-state index is 6.07. The van der Waals surface area contributed by atoms with Gasteiger partial charge in [0.05, 0.1) is 13.7 Å². The minimum absolute atomic E-state index is 0.368. The number of hydrogen-bond acceptors (Lipinski definition) is 4. The summed E-state index contributed by atoms with van der Waals surface area (Å²) < 4.78 is 11.5. The molecule has 0 aliphatic rings. The van der Waals surface area contributed by atoms with Crippen LogP contribution in [0.5, 0.6) is 17.2 Å². The topological polar surface area (TPSA) is 30.9 Å². The summed E-state index contributed by atoms with van der Waals surface area (Å²) in [6.45, 7) is 10.5. The minimum atomic E-state index is 0.368. The van der Waals surface area contributed by atoms with Crippen LogP contribution in [0, 0.1) is 6.92 Å².